The fourth-order valence-electron chi connectivity index (χ4n) is 4.24. The largest absolute Gasteiger partial charge is 0.463 e. The SMILES string of the molecule is CC(CC(C)(C)C(=O)OCC(C)O)=C(C)C(=O)OCC(O)COC(=O)c1c2ccccc2cc2ccccc12. The van der Waals surface area contributed by atoms with Crippen LogP contribution in [0.25, 0.3) is 21.5 Å². The van der Waals surface area contributed by atoms with Crippen molar-refractivity contribution in [3.8, 4) is 0 Å². The number of aliphatic hydroxyl groups is 2. The van der Waals surface area contributed by atoms with Gasteiger partial charge in [-0.15, -0.1) is 0 Å². The minimum atomic E-state index is -1.22. The average molecular weight is 537 g/mol. The molecule has 8 nitrogen and oxygen atoms in total. The first-order chi connectivity index (χ1) is 18.4. The van der Waals surface area contributed by atoms with E-state index >= 15 is 0 Å². The highest BCUT2D eigenvalue weighted by atomic mass is 16.6. The summed E-state index contributed by atoms with van der Waals surface area (Å²) in [6, 6.07) is 17.0. The van der Waals surface area contributed by atoms with Crippen LogP contribution in [-0.2, 0) is 23.8 Å². The summed E-state index contributed by atoms with van der Waals surface area (Å²) in [5.41, 5.74) is 0.428. The van der Waals surface area contributed by atoms with Crippen molar-refractivity contribution in [2.24, 2.45) is 5.41 Å². The van der Waals surface area contributed by atoms with Gasteiger partial charge in [-0.25, -0.2) is 9.59 Å². The van der Waals surface area contributed by atoms with Gasteiger partial charge in [0, 0.05) is 5.57 Å². The second-order valence-electron chi connectivity index (χ2n) is 10.5. The molecule has 0 saturated carbocycles. The molecule has 0 bridgehead atoms. The molecule has 208 valence electrons. The van der Waals surface area contributed by atoms with Crippen molar-refractivity contribution in [1.82, 2.24) is 0 Å². The first-order valence-electron chi connectivity index (χ1n) is 12.8. The molecule has 2 unspecified atom stereocenters. The van der Waals surface area contributed by atoms with E-state index < -0.39 is 35.5 Å². The van der Waals surface area contributed by atoms with Crippen LogP contribution < -0.4 is 0 Å². The monoisotopic (exact) mass is 536 g/mol. The van der Waals surface area contributed by atoms with Crippen molar-refractivity contribution in [2.75, 3.05) is 19.8 Å². The summed E-state index contributed by atoms with van der Waals surface area (Å²) in [5.74, 6) is -1.71. The van der Waals surface area contributed by atoms with Crippen molar-refractivity contribution in [3.05, 3.63) is 71.3 Å². The van der Waals surface area contributed by atoms with Crippen LogP contribution in [0.2, 0.25) is 0 Å². The second-order valence-corrected chi connectivity index (χ2v) is 10.5. The number of allylic oxidation sites excluding steroid dienone is 1. The molecule has 2 atom stereocenters. The number of esters is 3. The van der Waals surface area contributed by atoms with Gasteiger partial charge in [0.1, 0.15) is 25.9 Å². The molecule has 39 heavy (non-hydrogen) atoms. The zero-order valence-electron chi connectivity index (χ0n) is 23.0. The molecule has 3 aromatic rings. The van der Waals surface area contributed by atoms with E-state index in [4.69, 9.17) is 14.2 Å². The molecule has 0 fully saturated rings. The van der Waals surface area contributed by atoms with Crippen LogP contribution in [0.3, 0.4) is 0 Å². The van der Waals surface area contributed by atoms with Crippen LogP contribution in [0.1, 0.15) is 51.4 Å². The van der Waals surface area contributed by atoms with Crippen molar-refractivity contribution in [1.29, 1.82) is 0 Å². The van der Waals surface area contributed by atoms with Gasteiger partial charge in [-0.2, -0.15) is 0 Å². The Labute approximate surface area is 228 Å². The van der Waals surface area contributed by atoms with Gasteiger partial charge >= 0.3 is 17.9 Å². The lowest BCUT2D eigenvalue weighted by molar-refractivity contribution is -0.156. The van der Waals surface area contributed by atoms with E-state index in [2.05, 4.69) is 0 Å². The molecule has 8 heteroatoms. The van der Waals surface area contributed by atoms with E-state index in [9.17, 15) is 24.6 Å². The Morgan fingerprint density at radius 3 is 1.92 bits per heavy atom. The maximum atomic E-state index is 13.1. The summed E-state index contributed by atoms with van der Waals surface area (Å²) >= 11 is 0. The van der Waals surface area contributed by atoms with Gasteiger partial charge in [-0.05, 0) is 68.7 Å². The van der Waals surface area contributed by atoms with E-state index in [1.54, 1.807) is 27.7 Å². The Bertz CT molecular complexity index is 1330. The standard InChI is InChI=1S/C31H36O8/c1-19(15-31(4,5)30(36)39-16-20(2)32)21(3)28(34)37-17-24(33)18-38-29(35)27-25-12-8-6-10-22(25)14-23-11-7-9-13-26(23)27/h6-14,20,24,32-33H,15-18H2,1-5H3. The van der Waals surface area contributed by atoms with Gasteiger partial charge in [-0.1, -0.05) is 54.1 Å². The van der Waals surface area contributed by atoms with Gasteiger partial charge in [0.25, 0.3) is 0 Å². The first-order valence-corrected chi connectivity index (χ1v) is 12.8. The highest BCUT2D eigenvalue weighted by Crippen LogP contribution is 2.30. The molecule has 0 aliphatic carbocycles. The molecule has 0 heterocycles. The Hall–Kier alpha value is -3.75. The van der Waals surface area contributed by atoms with E-state index in [0.717, 1.165) is 21.5 Å². The fourth-order valence-corrected chi connectivity index (χ4v) is 4.24. The Morgan fingerprint density at radius 1 is 0.821 bits per heavy atom. The lowest BCUT2D eigenvalue weighted by Crippen LogP contribution is -2.30. The van der Waals surface area contributed by atoms with Crippen molar-refractivity contribution in [3.63, 3.8) is 0 Å². The Balaban J connectivity index is 1.59. The minimum Gasteiger partial charge on any atom is -0.463 e. The molecule has 3 aromatic carbocycles. The zero-order valence-corrected chi connectivity index (χ0v) is 23.0. The molecular weight excluding hydrogens is 500 g/mol. The predicted octanol–water partition coefficient (Wildman–Crippen LogP) is 4.73. The third-order valence-corrected chi connectivity index (χ3v) is 6.45. The number of carbonyl (C=O) groups is 3. The van der Waals surface area contributed by atoms with Gasteiger partial charge in [0.15, 0.2) is 0 Å². The van der Waals surface area contributed by atoms with Crippen LogP contribution in [0, 0.1) is 5.41 Å². The number of hydrogen-bond acceptors (Lipinski definition) is 8. The number of benzene rings is 3. The third-order valence-electron chi connectivity index (χ3n) is 6.45. The highest BCUT2D eigenvalue weighted by Gasteiger charge is 2.31. The summed E-state index contributed by atoms with van der Waals surface area (Å²) < 4.78 is 15.8. The van der Waals surface area contributed by atoms with Crippen LogP contribution in [0.15, 0.2) is 65.7 Å². The maximum absolute atomic E-state index is 13.1. The van der Waals surface area contributed by atoms with E-state index in [1.807, 2.05) is 54.6 Å². The zero-order chi connectivity index (χ0) is 28.7. The smallest absolute Gasteiger partial charge is 0.339 e. The molecular formula is C31H36O8. The minimum absolute atomic E-state index is 0.106. The lowest BCUT2D eigenvalue weighted by atomic mass is 9.84. The first kappa shape index (κ1) is 29.8. The van der Waals surface area contributed by atoms with Crippen molar-refractivity contribution < 1.29 is 38.8 Å². The van der Waals surface area contributed by atoms with E-state index in [1.165, 1.54) is 6.92 Å². The summed E-state index contributed by atoms with van der Waals surface area (Å²) in [4.78, 5) is 38.0. The molecule has 0 aliphatic heterocycles. The fraction of sp³-hybridized carbons (Fsp3) is 0.387. The molecule has 0 aromatic heterocycles. The van der Waals surface area contributed by atoms with E-state index in [-0.39, 0.29) is 26.2 Å². The van der Waals surface area contributed by atoms with Crippen LogP contribution in [-0.4, -0.2) is 60.1 Å². The number of hydrogen-bond donors (Lipinski definition) is 2. The molecule has 2 N–H and O–H groups in total. The van der Waals surface area contributed by atoms with E-state index in [0.29, 0.717) is 16.7 Å². The predicted molar refractivity (Wildman–Crippen MR) is 148 cm³/mol. The van der Waals surface area contributed by atoms with Crippen LogP contribution in [0.5, 0.6) is 0 Å². The van der Waals surface area contributed by atoms with Gasteiger partial charge in [-0.3, -0.25) is 4.79 Å². The number of carbonyl (C=O) groups excluding carboxylic acids is 3. The van der Waals surface area contributed by atoms with Crippen molar-refractivity contribution in [2.45, 2.75) is 53.2 Å². The van der Waals surface area contributed by atoms with Crippen LogP contribution in [0.4, 0.5) is 0 Å². The summed E-state index contributed by atoms with van der Waals surface area (Å²) in [7, 11) is 0. The number of aliphatic hydroxyl groups excluding tert-OH is 2. The Kier molecular flexibility index (Phi) is 9.83. The number of rotatable bonds is 11. The topological polar surface area (TPSA) is 119 Å². The molecule has 0 aliphatic rings. The number of fused-ring (bicyclic) bond motifs is 2. The molecule has 0 radical (unpaired) electrons. The quantitative estimate of drug-likeness (QED) is 0.156. The Morgan fingerprint density at radius 2 is 1.36 bits per heavy atom. The normalized spacial score (nSPS) is 13.9. The molecule has 0 spiro atoms. The summed E-state index contributed by atoms with van der Waals surface area (Å²) in [6.45, 7) is 7.37. The number of ether oxygens (including phenoxy) is 3. The average Bonchev–Trinajstić information content (AvgIpc) is 2.90. The second kappa shape index (κ2) is 12.9. The van der Waals surface area contributed by atoms with Crippen molar-refractivity contribution >= 4 is 39.5 Å². The van der Waals surface area contributed by atoms with Gasteiger partial charge in [0.05, 0.1) is 17.1 Å². The lowest BCUT2D eigenvalue weighted by Gasteiger charge is -2.24. The van der Waals surface area contributed by atoms with Gasteiger partial charge < -0.3 is 24.4 Å². The maximum Gasteiger partial charge on any atom is 0.339 e. The summed E-state index contributed by atoms with van der Waals surface area (Å²) in [5, 5.41) is 23.0. The molecule has 3 rings (SSSR count). The highest BCUT2D eigenvalue weighted by molar-refractivity contribution is 6.16. The summed E-state index contributed by atoms with van der Waals surface area (Å²) in [6.07, 6.45) is -1.75. The molecule has 0 saturated heterocycles. The van der Waals surface area contributed by atoms with Crippen LogP contribution >= 0.6 is 0 Å². The third kappa shape index (κ3) is 7.65. The molecule has 0 amide bonds. The van der Waals surface area contributed by atoms with Gasteiger partial charge in [0.2, 0.25) is 0 Å².